The maximum Gasteiger partial charge on any atom is 0.391 e. The summed E-state index contributed by atoms with van der Waals surface area (Å²) in [5, 5.41) is 0. The number of likely N-dealkylation sites (tertiary alicyclic amines) is 1. The van der Waals surface area contributed by atoms with Crippen molar-refractivity contribution in [1.82, 2.24) is 19.8 Å². The van der Waals surface area contributed by atoms with Gasteiger partial charge in [0, 0.05) is 31.7 Å². The molecule has 2 aliphatic rings. The molecule has 28 heavy (non-hydrogen) atoms. The number of nitrogen functional groups attached to an aromatic ring is 1. The van der Waals surface area contributed by atoms with Gasteiger partial charge in [0.2, 0.25) is 5.91 Å². The van der Waals surface area contributed by atoms with Crippen molar-refractivity contribution in [2.75, 3.05) is 25.9 Å². The number of rotatable bonds is 5. The smallest absolute Gasteiger partial charge is 0.384 e. The third kappa shape index (κ3) is 5.33. The molecule has 1 saturated carbocycles. The summed E-state index contributed by atoms with van der Waals surface area (Å²) in [4.78, 5) is 25.0. The van der Waals surface area contributed by atoms with Crippen LogP contribution in [0.3, 0.4) is 0 Å². The van der Waals surface area contributed by atoms with Gasteiger partial charge in [0.05, 0.1) is 12.5 Å². The number of hydrogen-bond donors (Lipinski definition) is 1. The highest BCUT2D eigenvalue weighted by Gasteiger charge is 2.42. The first kappa shape index (κ1) is 20.8. The topological polar surface area (TPSA) is 75.4 Å². The number of carbonyl (C=O) groups excluding carboxylic acids is 1. The molecule has 0 bridgehead atoms. The Hall–Kier alpha value is -1.90. The monoisotopic (exact) mass is 399 g/mol. The Kier molecular flexibility index (Phi) is 6.42. The zero-order valence-electron chi connectivity index (χ0n) is 16.2. The zero-order valence-corrected chi connectivity index (χ0v) is 16.2. The fourth-order valence-electron chi connectivity index (χ4n) is 4.24. The van der Waals surface area contributed by atoms with Gasteiger partial charge in [-0.1, -0.05) is 0 Å². The summed E-state index contributed by atoms with van der Waals surface area (Å²) in [5.41, 5.74) is 5.69. The van der Waals surface area contributed by atoms with Crippen molar-refractivity contribution < 1.29 is 18.0 Å². The third-order valence-electron chi connectivity index (χ3n) is 6.03. The number of alkyl halides is 3. The highest BCUT2D eigenvalue weighted by molar-refractivity contribution is 5.76. The molecule has 1 aromatic heterocycles. The van der Waals surface area contributed by atoms with Gasteiger partial charge >= 0.3 is 6.18 Å². The van der Waals surface area contributed by atoms with E-state index >= 15 is 0 Å². The highest BCUT2D eigenvalue weighted by Crippen LogP contribution is 2.40. The molecule has 0 spiro atoms. The summed E-state index contributed by atoms with van der Waals surface area (Å²) >= 11 is 0. The van der Waals surface area contributed by atoms with Gasteiger partial charge in [0.25, 0.3) is 0 Å². The van der Waals surface area contributed by atoms with Crippen LogP contribution in [0.4, 0.5) is 19.0 Å². The molecule has 2 fully saturated rings. The van der Waals surface area contributed by atoms with E-state index in [-0.39, 0.29) is 30.7 Å². The van der Waals surface area contributed by atoms with Gasteiger partial charge in [0.1, 0.15) is 11.6 Å². The fraction of sp³-hybridized carbons (Fsp3) is 0.737. The van der Waals surface area contributed by atoms with Crippen molar-refractivity contribution >= 4 is 11.7 Å². The van der Waals surface area contributed by atoms with Crippen LogP contribution in [-0.2, 0) is 11.3 Å². The number of halogens is 3. The number of nitrogens with zero attached hydrogens (tertiary/aromatic N) is 4. The van der Waals surface area contributed by atoms with Crippen LogP contribution < -0.4 is 5.73 Å². The number of aromatic nitrogens is 2. The minimum absolute atomic E-state index is 0.0616. The van der Waals surface area contributed by atoms with E-state index < -0.39 is 12.1 Å². The molecule has 9 heteroatoms. The van der Waals surface area contributed by atoms with Crippen LogP contribution in [0.15, 0.2) is 12.3 Å². The lowest BCUT2D eigenvalue weighted by Crippen LogP contribution is -2.37. The summed E-state index contributed by atoms with van der Waals surface area (Å²) in [7, 11) is 1.98. The standard InChI is InChI=1S/C19H28F3N5O/c1-26(12-17-24-8-6-16(23)25-17)15-7-9-27(11-15)18(28)10-13-2-4-14(5-3-13)19(20,21)22/h6,8,13-15H,2-5,7,9-12H2,1H3,(H2,23,24,25)/t13?,14?,15-/m1/s1. The molecule has 6 nitrogen and oxygen atoms in total. The molecule has 0 unspecified atom stereocenters. The summed E-state index contributed by atoms with van der Waals surface area (Å²) < 4.78 is 38.3. The molecule has 0 aromatic carbocycles. The lowest BCUT2D eigenvalue weighted by Gasteiger charge is -2.30. The van der Waals surface area contributed by atoms with Gasteiger partial charge in [-0.15, -0.1) is 0 Å². The molecular formula is C19H28F3N5O. The van der Waals surface area contributed by atoms with Gasteiger partial charge in [0.15, 0.2) is 0 Å². The second-order valence-electron chi connectivity index (χ2n) is 8.06. The van der Waals surface area contributed by atoms with E-state index in [1.807, 2.05) is 11.9 Å². The average Bonchev–Trinajstić information content (AvgIpc) is 3.12. The third-order valence-corrected chi connectivity index (χ3v) is 6.03. The van der Waals surface area contributed by atoms with Crippen molar-refractivity contribution in [3.05, 3.63) is 18.1 Å². The Labute approximate surface area is 163 Å². The van der Waals surface area contributed by atoms with E-state index in [4.69, 9.17) is 5.73 Å². The number of carbonyl (C=O) groups is 1. The van der Waals surface area contributed by atoms with Crippen molar-refractivity contribution in [2.45, 2.75) is 57.3 Å². The quantitative estimate of drug-likeness (QED) is 0.824. The van der Waals surface area contributed by atoms with E-state index in [2.05, 4.69) is 14.9 Å². The Morgan fingerprint density at radius 1 is 1.29 bits per heavy atom. The van der Waals surface area contributed by atoms with Crippen molar-refractivity contribution in [3.8, 4) is 0 Å². The number of likely N-dealkylation sites (N-methyl/N-ethyl adjacent to an activating group) is 1. The van der Waals surface area contributed by atoms with Gasteiger partial charge in [-0.2, -0.15) is 13.2 Å². The molecule has 3 rings (SSSR count). The molecule has 156 valence electrons. The summed E-state index contributed by atoms with van der Waals surface area (Å²) in [6.45, 7) is 1.87. The molecule has 1 saturated heterocycles. The molecule has 2 N–H and O–H groups in total. The van der Waals surface area contributed by atoms with Gasteiger partial charge in [-0.05, 0) is 51.1 Å². The lowest BCUT2D eigenvalue weighted by atomic mass is 9.80. The van der Waals surface area contributed by atoms with Crippen LogP contribution in [0.2, 0.25) is 0 Å². The van der Waals surface area contributed by atoms with Crippen molar-refractivity contribution in [2.24, 2.45) is 11.8 Å². The van der Waals surface area contributed by atoms with E-state index in [1.54, 1.807) is 12.3 Å². The first-order valence-corrected chi connectivity index (χ1v) is 9.84. The molecule has 1 aliphatic heterocycles. The summed E-state index contributed by atoms with van der Waals surface area (Å²) in [6.07, 6.45) is 0.0167. The largest absolute Gasteiger partial charge is 0.391 e. The minimum atomic E-state index is -4.10. The van der Waals surface area contributed by atoms with Crippen LogP contribution in [0.25, 0.3) is 0 Å². The van der Waals surface area contributed by atoms with E-state index in [0.29, 0.717) is 50.5 Å². The molecular weight excluding hydrogens is 371 g/mol. The average molecular weight is 399 g/mol. The predicted molar refractivity (Wildman–Crippen MR) is 99.0 cm³/mol. The SMILES string of the molecule is CN(Cc1nccc(N)n1)[C@@H]1CCN(C(=O)CC2CCC(C(F)(F)F)CC2)C1. The lowest BCUT2D eigenvalue weighted by molar-refractivity contribution is -0.184. The van der Waals surface area contributed by atoms with Crippen LogP contribution in [0, 0.1) is 11.8 Å². The number of hydrogen-bond acceptors (Lipinski definition) is 5. The van der Waals surface area contributed by atoms with E-state index in [9.17, 15) is 18.0 Å². The Balaban J connectivity index is 1.44. The van der Waals surface area contributed by atoms with Crippen LogP contribution in [0.1, 0.15) is 44.3 Å². The van der Waals surface area contributed by atoms with Gasteiger partial charge < -0.3 is 10.6 Å². The maximum atomic E-state index is 12.8. The second-order valence-corrected chi connectivity index (χ2v) is 8.06. The number of nitrogens with two attached hydrogens (primary N) is 1. The van der Waals surface area contributed by atoms with Gasteiger partial charge in [-0.3, -0.25) is 9.69 Å². The Bertz CT molecular complexity index is 676. The zero-order chi connectivity index (χ0) is 20.3. The first-order valence-electron chi connectivity index (χ1n) is 9.84. The molecule has 1 atom stereocenters. The van der Waals surface area contributed by atoms with Crippen molar-refractivity contribution in [3.63, 3.8) is 0 Å². The molecule has 0 radical (unpaired) electrons. The van der Waals surface area contributed by atoms with Gasteiger partial charge in [-0.25, -0.2) is 9.97 Å². The van der Waals surface area contributed by atoms with Crippen molar-refractivity contribution in [1.29, 1.82) is 0 Å². The maximum absolute atomic E-state index is 12.8. The van der Waals surface area contributed by atoms with Crippen LogP contribution in [0.5, 0.6) is 0 Å². The molecule has 1 aromatic rings. The molecule has 1 amide bonds. The molecule has 2 heterocycles. The Morgan fingerprint density at radius 3 is 2.64 bits per heavy atom. The summed E-state index contributed by atoms with van der Waals surface area (Å²) in [6, 6.07) is 1.86. The highest BCUT2D eigenvalue weighted by atomic mass is 19.4. The number of amides is 1. The van der Waals surface area contributed by atoms with Crippen LogP contribution in [-0.4, -0.2) is 58.0 Å². The Morgan fingerprint density at radius 2 is 2.00 bits per heavy atom. The molecule has 1 aliphatic carbocycles. The van der Waals surface area contributed by atoms with E-state index in [1.165, 1.54) is 0 Å². The second kappa shape index (κ2) is 8.63. The minimum Gasteiger partial charge on any atom is -0.384 e. The fourth-order valence-corrected chi connectivity index (χ4v) is 4.24. The first-order chi connectivity index (χ1) is 13.2. The summed E-state index contributed by atoms with van der Waals surface area (Å²) in [5.74, 6) is 0.0172. The normalized spacial score (nSPS) is 26.0. The van der Waals surface area contributed by atoms with Crippen LogP contribution >= 0.6 is 0 Å². The predicted octanol–water partition coefficient (Wildman–Crippen LogP) is 2.85. The number of anilines is 1. The van der Waals surface area contributed by atoms with E-state index in [0.717, 1.165) is 6.42 Å².